The zero-order chi connectivity index (χ0) is 19.7. The maximum Gasteiger partial charge on any atom is 0.145 e. The van der Waals surface area contributed by atoms with Crippen molar-refractivity contribution < 1.29 is 4.79 Å². The van der Waals surface area contributed by atoms with Crippen molar-refractivity contribution in [2.24, 2.45) is 28.2 Å². The summed E-state index contributed by atoms with van der Waals surface area (Å²) in [4.78, 5) is 18.8. The van der Waals surface area contributed by atoms with Gasteiger partial charge in [0, 0.05) is 30.1 Å². The van der Waals surface area contributed by atoms with E-state index in [0.717, 1.165) is 54.8 Å². The van der Waals surface area contributed by atoms with Crippen molar-refractivity contribution in [2.75, 3.05) is 12.4 Å². The second kappa shape index (κ2) is 6.18. The largest absolute Gasteiger partial charge is 0.388 e. The highest BCUT2D eigenvalue weighted by molar-refractivity contribution is 6.14. The molecule has 1 heterocycles. The lowest BCUT2D eigenvalue weighted by atomic mass is 9.48. The molecule has 0 radical (unpaired) electrons. The van der Waals surface area contributed by atoms with Crippen molar-refractivity contribution in [2.45, 2.75) is 77.7 Å². The summed E-state index contributed by atoms with van der Waals surface area (Å²) in [7, 11) is 1.97. The van der Waals surface area contributed by atoms with E-state index < -0.39 is 0 Å². The van der Waals surface area contributed by atoms with Crippen LogP contribution in [0.5, 0.6) is 0 Å². The molecule has 3 nitrogen and oxygen atoms in total. The number of aliphatic imine (C=N–C) groups is 1. The van der Waals surface area contributed by atoms with Gasteiger partial charge < -0.3 is 5.32 Å². The Labute approximate surface area is 169 Å². The molecule has 0 amide bonds. The number of benzene rings is 1. The smallest absolute Gasteiger partial charge is 0.145 e. The fourth-order valence-corrected chi connectivity index (χ4v) is 7.31. The standard InChI is InChI=1S/C25H34N2O/c1-15-5-19-14-24(2,3)27-22(20(19)9-21(15)26-4)10-23(28)25-11-16-6-17(12-25)8-18(7-16)13-25/h5,9,16-18,26H,6-8,10-14H2,1-4H3. The van der Waals surface area contributed by atoms with E-state index in [9.17, 15) is 4.79 Å². The van der Waals surface area contributed by atoms with Crippen LogP contribution in [0, 0.1) is 30.1 Å². The molecule has 6 rings (SSSR count). The Kier molecular flexibility index (Phi) is 4.06. The molecule has 1 N–H and O–H groups in total. The van der Waals surface area contributed by atoms with Crippen LogP contribution < -0.4 is 5.32 Å². The Hall–Kier alpha value is -1.64. The Morgan fingerprint density at radius 3 is 2.29 bits per heavy atom. The van der Waals surface area contributed by atoms with Gasteiger partial charge >= 0.3 is 0 Å². The third-order valence-electron chi connectivity index (χ3n) is 8.05. The molecule has 28 heavy (non-hydrogen) atoms. The molecule has 4 fully saturated rings. The zero-order valence-electron chi connectivity index (χ0n) is 17.9. The summed E-state index contributed by atoms with van der Waals surface area (Å²) >= 11 is 0. The minimum absolute atomic E-state index is 0.0322. The molecule has 5 aliphatic rings. The molecular formula is C25H34N2O. The maximum atomic E-state index is 13.7. The summed E-state index contributed by atoms with van der Waals surface area (Å²) in [5.41, 5.74) is 5.84. The van der Waals surface area contributed by atoms with E-state index in [0.29, 0.717) is 12.2 Å². The lowest BCUT2D eigenvalue weighted by Crippen LogP contribution is -2.50. The molecule has 1 aliphatic heterocycles. The topological polar surface area (TPSA) is 41.5 Å². The van der Waals surface area contributed by atoms with Crippen molar-refractivity contribution in [1.29, 1.82) is 0 Å². The van der Waals surface area contributed by atoms with Crippen LogP contribution in [0.3, 0.4) is 0 Å². The van der Waals surface area contributed by atoms with E-state index in [1.165, 1.54) is 36.0 Å². The van der Waals surface area contributed by atoms with Gasteiger partial charge in [0.1, 0.15) is 5.78 Å². The number of carbonyl (C=O) groups excluding carboxylic acids is 1. The molecule has 0 aromatic heterocycles. The SMILES string of the molecule is CNc1cc2c(cc1C)CC(C)(C)N=C2CC(=O)C12CC3CC(CC(C3)C1)C2. The van der Waals surface area contributed by atoms with Gasteiger partial charge in [-0.2, -0.15) is 0 Å². The van der Waals surface area contributed by atoms with Crippen molar-refractivity contribution in [3.8, 4) is 0 Å². The van der Waals surface area contributed by atoms with Crippen LogP contribution in [0.15, 0.2) is 17.1 Å². The summed E-state index contributed by atoms with van der Waals surface area (Å²) in [5, 5.41) is 3.31. The normalized spacial score (nSPS) is 34.7. The number of rotatable bonds is 4. The van der Waals surface area contributed by atoms with Crippen molar-refractivity contribution in [3.05, 3.63) is 28.8 Å². The van der Waals surface area contributed by atoms with E-state index in [1.54, 1.807) is 0 Å². The Morgan fingerprint density at radius 2 is 1.71 bits per heavy atom. The summed E-state index contributed by atoms with van der Waals surface area (Å²) in [6, 6.07) is 4.53. The molecule has 0 atom stereocenters. The second-order valence-electron chi connectivity index (χ2n) is 10.9. The average Bonchev–Trinajstić information content (AvgIpc) is 2.59. The Balaban J connectivity index is 1.48. The first kappa shape index (κ1) is 18.4. The minimum Gasteiger partial charge on any atom is -0.388 e. The van der Waals surface area contributed by atoms with Gasteiger partial charge in [-0.3, -0.25) is 9.79 Å². The Bertz CT molecular complexity index is 828. The van der Waals surface area contributed by atoms with Gasteiger partial charge in [0.15, 0.2) is 0 Å². The van der Waals surface area contributed by atoms with Gasteiger partial charge in [-0.15, -0.1) is 0 Å². The van der Waals surface area contributed by atoms with Gasteiger partial charge in [-0.1, -0.05) is 6.07 Å². The number of hydrogen-bond acceptors (Lipinski definition) is 3. The number of anilines is 1. The lowest BCUT2D eigenvalue weighted by molar-refractivity contribution is -0.142. The number of nitrogens with one attached hydrogen (secondary N) is 1. The van der Waals surface area contributed by atoms with Gasteiger partial charge in [0.25, 0.3) is 0 Å². The molecular weight excluding hydrogens is 344 g/mol. The highest BCUT2D eigenvalue weighted by Gasteiger charge is 2.54. The van der Waals surface area contributed by atoms with E-state index in [-0.39, 0.29) is 11.0 Å². The quantitative estimate of drug-likeness (QED) is 0.769. The number of carbonyl (C=O) groups is 1. The lowest BCUT2D eigenvalue weighted by Gasteiger charge is -2.56. The highest BCUT2D eigenvalue weighted by Crippen LogP contribution is 2.60. The summed E-state index contributed by atoms with van der Waals surface area (Å²) in [6.07, 6.45) is 9.07. The number of nitrogens with zero attached hydrogens (tertiary/aromatic N) is 1. The fourth-order valence-electron chi connectivity index (χ4n) is 7.31. The van der Waals surface area contributed by atoms with Crippen molar-refractivity contribution in [1.82, 2.24) is 0 Å². The van der Waals surface area contributed by atoms with Crippen molar-refractivity contribution >= 4 is 17.2 Å². The highest BCUT2D eigenvalue weighted by atomic mass is 16.1. The third-order valence-corrected chi connectivity index (χ3v) is 8.05. The molecule has 0 saturated heterocycles. The zero-order valence-corrected chi connectivity index (χ0v) is 17.9. The number of fused-ring (bicyclic) bond motifs is 1. The number of hydrogen-bond donors (Lipinski definition) is 1. The van der Waals surface area contributed by atoms with E-state index in [1.807, 2.05) is 7.05 Å². The first-order valence-corrected chi connectivity index (χ1v) is 11.2. The summed E-state index contributed by atoms with van der Waals surface area (Å²) < 4.78 is 0. The predicted octanol–water partition coefficient (Wildman–Crippen LogP) is 5.34. The van der Waals surface area contributed by atoms with Crippen LogP contribution >= 0.6 is 0 Å². The molecule has 0 unspecified atom stereocenters. The number of ketones is 1. The van der Waals surface area contributed by atoms with Crippen molar-refractivity contribution in [3.63, 3.8) is 0 Å². The number of aryl methyl sites for hydroxylation is 1. The fraction of sp³-hybridized carbons (Fsp3) is 0.680. The molecule has 0 spiro atoms. The summed E-state index contributed by atoms with van der Waals surface area (Å²) in [5.74, 6) is 2.92. The van der Waals surface area contributed by atoms with Gasteiger partial charge in [-0.25, -0.2) is 0 Å². The maximum absolute atomic E-state index is 13.7. The number of Topliss-reactive ketones (excluding diaryl/α,β-unsaturated/α-hetero) is 1. The average molecular weight is 379 g/mol. The second-order valence-corrected chi connectivity index (χ2v) is 10.9. The van der Waals surface area contributed by atoms with Crippen LogP contribution in [0.1, 0.15) is 75.5 Å². The Morgan fingerprint density at radius 1 is 1.11 bits per heavy atom. The van der Waals surface area contributed by atoms with Crippen LogP contribution in [-0.2, 0) is 11.2 Å². The van der Waals surface area contributed by atoms with Crippen LogP contribution in [0.4, 0.5) is 5.69 Å². The van der Waals surface area contributed by atoms with E-state index >= 15 is 0 Å². The van der Waals surface area contributed by atoms with Gasteiger partial charge in [0.2, 0.25) is 0 Å². The van der Waals surface area contributed by atoms with E-state index in [2.05, 4.69) is 38.2 Å². The van der Waals surface area contributed by atoms with Crippen LogP contribution in [-0.4, -0.2) is 24.1 Å². The minimum atomic E-state index is -0.127. The molecule has 4 aliphatic carbocycles. The first-order chi connectivity index (χ1) is 13.3. The van der Waals surface area contributed by atoms with Gasteiger partial charge in [0.05, 0.1) is 11.3 Å². The van der Waals surface area contributed by atoms with E-state index in [4.69, 9.17) is 4.99 Å². The van der Waals surface area contributed by atoms with Crippen LogP contribution in [0.2, 0.25) is 0 Å². The third kappa shape index (κ3) is 2.93. The van der Waals surface area contributed by atoms with Crippen LogP contribution in [0.25, 0.3) is 0 Å². The molecule has 1 aromatic carbocycles. The molecule has 150 valence electrons. The van der Waals surface area contributed by atoms with Gasteiger partial charge in [-0.05, 0) is 101 Å². The molecule has 3 heteroatoms. The monoisotopic (exact) mass is 378 g/mol. The first-order valence-electron chi connectivity index (χ1n) is 11.2. The molecule has 4 bridgehead atoms. The molecule has 4 saturated carbocycles. The summed E-state index contributed by atoms with van der Waals surface area (Å²) in [6.45, 7) is 6.56. The predicted molar refractivity (Wildman–Crippen MR) is 115 cm³/mol. The molecule has 1 aromatic rings.